The fourth-order valence-corrected chi connectivity index (χ4v) is 1.12. The second-order valence-corrected chi connectivity index (χ2v) is 3.33. The summed E-state index contributed by atoms with van der Waals surface area (Å²) in [6, 6.07) is 0. The Hall–Kier alpha value is -0.500. The van der Waals surface area contributed by atoms with E-state index in [4.69, 9.17) is 0 Å². The molecule has 0 atom stereocenters. The minimum Gasteiger partial charge on any atom is -0.374 e. The van der Waals surface area contributed by atoms with Crippen LogP contribution in [-0.4, -0.2) is 31.6 Å². The number of rotatable bonds is 6. The minimum atomic E-state index is 0.557. The molecule has 0 amide bonds. The lowest BCUT2D eigenvalue weighted by Gasteiger charge is -2.27. The molecule has 1 N–H and O–H groups in total. The van der Waals surface area contributed by atoms with Gasteiger partial charge in [0.15, 0.2) is 0 Å². The molecule has 72 valence electrons. The Bertz CT molecular complexity index is 130. The molecule has 2 nitrogen and oxygen atoms in total. The molecule has 0 aromatic rings. The molecule has 0 unspecified atom stereocenters. The van der Waals surface area contributed by atoms with Crippen molar-refractivity contribution in [3.05, 3.63) is 12.3 Å². The lowest BCUT2D eigenvalue weighted by molar-refractivity contribution is 0.330. The Morgan fingerprint density at radius 2 is 2.08 bits per heavy atom. The van der Waals surface area contributed by atoms with Crippen molar-refractivity contribution < 1.29 is 0 Å². The van der Waals surface area contributed by atoms with Crippen molar-refractivity contribution in [2.75, 3.05) is 26.7 Å². The van der Waals surface area contributed by atoms with Crippen LogP contribution in [0.1, 0.15) is 20.8 Å². The van der Waals surface area contributed by atoms with E-state index >= 15 is 0 Å². The van der Waals surface area contributed by atoms with E-state index in [1.54, 1.807) is 0 Å². The first kappa shape index (κ1) is 11.5. The van der Waals surface area contributed by atoms with E-state index in [9.17, 15) is 0 Å². The topological polar surface area (TPSA) is 15.3 Å². The molecule has 0 aromatic carbocycles. The Kier molecular flexibility index (Phi) is 5.81. The fraction of sp³-hybridized carbons (Fsp3) is 0.800. The van der Waals surface area contributed by atoms with Crippen molar-refractivity contribution >= 4 is 0 Å². The van der Waals surface area contributed by atoms with E-state index in [1.165, 1.54) is 5.70 Å². The lowest BCUT2D eigenvalue weighted by Crippen LogP contribution is -2.31. The molecule has 0 spiro atoms. The van der Waals surface area contributed by atoms with Crippen LogP contribution in [0.2, 0.25) is 0 Å². The SMILES string of the molecule is C=C(C(C)C)N(CC)CCNC. The molecule has 0 rings (SSSR count). The van der Waals surface area contributed by atoms with Gasteiger partial charge in [0.1, 0.15) is 0 Å². The maximum atomic E-state index is 4.08. The average Bonchev–Trinajstić information content (AvgIpc) is 2.05. The van der Waals surface area contributed by atoms with Gasteiger partial charge in [0.25, 0.3) is 0 Å². The molecular weight excluding hydrogens is 148 g/mol. The largest absolute Gasteiger partial charge is 0.374 e. The third kappa shape index (κ3) is 3.77. The monoisotopic (exact) mass is 170 g/mol. The lowest BCUT2D eigenvalue weighted by atomic mass is 10.1. The molecule has 12 heavy (non-hydrogen) atoms. The van der Waals surface area contributed by atoms with Crippen LogP contribution in [0.25, 0.3) is 0 Å². The second kappa shape index (κ2) is 6.06. The third-order valence-electron chi connectivity index (χ3n) is 2.09. The van der Waals surface area contributed by atoms with Crippen molar-refractivity contribution in [3.8, 4) is 0 Å². The van der Waals surface area contributed by atoms with Crippen LogP contribution < -0.4 is 5.32 Å². The van der Waals surface area contributed by atoms with Gasteiger partial charge in [-0.05, 0) is 19.9 Å². The molecule has 2 heteroatoms. The van der Waals surface area contributed by atoms with Gasteiger partial charge in [-0.2, -0.15) is 0 Å². The quantitative estimate of drug-likeness (QED) is 0.652. The number of allylic oxidation sites excluding steroid dienone is 1. The summed E-state index contributed by atoms with van der Waals surface area (Å²) in [5.41, 5.74) is 1.24. The highest BCUT2D eigenvalue weighted by molar-refractivity contribution is 4.96. The molecule has 0 aliphatic rings. The average molecular weight is 170 g/mol. The molecule has 0 heterocycles. The number of nitrogens with one attached hydrogen (secondary N) is 1. The van der Waals surface area contributed by atoms with Gasteiger partial charge in [0.05, 0.1) is 0 Å². The van der Waals surface area contributed by atoms with E-state index in [2.05, 4.69) is 37.6 Å². The molecule has 0 saturated carbocycles. The number of likely N-dealkylation sites (N-methyl/N-ethyl adjacent to an activating group) is 2. The van der Waals surface area contributed by atoms with Crippen molar-refractivity contribution in [3.63, 3.8) is 0 Å². The molecule has 0 bridgehead atoms. The van der Waals surface area contributed by atoms with E-state index in [1.807, 2.05) is 7.05 Å². The van der Waals surface area contributed by atoms with Gasteiger partial charge >= 0.3 is 0 Å². The van der Waals surface area contributed by atoms with Gasteiger partial charge < -0.3 is 10.2 Å². The summed E-state index contributed by atoms with van der Waals surface area (Å²) in [6.45, 7) is 13.8. The Balaban J connectivity index is 3.88. The van der Waals surface area contributed by atoms with Gasteiger partial charge in [-0.25, -0.2) is 0 Å². The van der Waals surface area contributed by atoms with Crippen LogP contribution in [0.3, 0.4) is 0 Å². The number of hydrogen-bond acceptors (Lipinski definition) is 2. The van der Waals surface area contributed by atoms with Crippen LogP contribution in [0, 0.1) is 5.92 Å². The predicted octanol–water partition coefficient (Wildman–Crippen LogP) is 1.70. The van der Waals surface area contributed by atoms with E-state index in [-0.39, 0.29) is 0 Å². The first-order valence-electron chi connectivity index (χ1n) is 4.71. The van der Waals surface area contributed by atoms with Crippen molar-refractivity contribution in [2.45, 2.75) is 20.8 Å². The zero-order valence-electron chi connectivity index (χ0n) is 8.85. The van der Waals surface area contributed by atoms with Crippen LogP contribution >= 0.6 is 0 Å². The number of hydrogen-bond donors (Lipinski definition) is 1. The predicted molar refractivity (Wildman–Crippen MR) is 55.2 cm³/mol. The highest BCUT2D eigenvalue weighted by atomic mass is 15.1. The summed E-state index contributed by atoms with van der Waals surface area (Å²) in [5, 5.41) is 3.14. The molecule has 0 aromatic heterocycles. The van der Waals surface area contributed by atoms with Crippen LogP contribution in [-0.2, 0) is 0 Å². The maximum Gasteiger partial charge on any atom is 0.0299 e. The summed E-state index contributed by atoms with van der Waals surface area (Å²) in [7, 11) is 1.98. The van der Waals surface area contributed by atoms with E-state index in [0.717, 1.165) is 19.6 Å². The van der Waals surface area contributed by atoms with Gasteiger partial charge in [-0.1, -0.05) is 20.4 Å². The van der Waals surface area contributed by atoms with Gasteiger partial charge in [0.2, 0.25) is 0 Å². The van der Waals surface area contributed by atoms with Crippen LogP contribution in [0.5, 0.6) is 0 Å². The Morgan fingerprint density at radius 3 is 2.42 bits per heavy atom. The second-order valence-electron chi connectivity index (χ2n) is 3.33. The first-order valence-corrected chi connectivity index (χ1v) is 4.71. The Labute approximate surface area is 76.6 Å². The number of nitrogens with zero attached hydrogens (tertiary/aromatic N) is 1. The van der Waals surface area contributed by atoms with Crippen LogP contribution in [0.4, 0.5) is 0 Å². The van der Waals surface area contributed by atoms with Crippen molar-refractivity contribution in [1.82, 2.24) is 10.2 Å². The highest BCUT2D eigenvalue weighted by Crippen LogP contribution is 2.11. The minimum absolute atomic E-state index is 0.557. The fourth-order valence-electron chi connectivity index (χ4n) is 1.12. The maximum absolute atomic E-state index is 4.08. The van der Waals surface area contributed by atoms with Crippen molar-refractivity contribution in [2.24, 2.45) is 5.92 Å². The van der Waals surface area contributed by atoms with Crippen molar-refractivity contribution in [1.29, 1.82) is 0 Å². The van der Waals surface area contributed by atoms with E-state index in [0.29, 0.717) is 5.92 Å². The molecule has 0 saturated heterocycles. The highest BCUT2D eigenvalue weighted by Gasteiger charge is 2.07. The third-order valence-corrected chi connectivity index (χ3v) is 2.09. The smallest absolute Gasteiger partial charge is 0.0299 e. The summed E-state index contributed by atoms with van der Waals surface area (Å²) in [5.74, 6) is 0.557. The Morgan fingerprint density at radius 1 is 1.50 bits per heavy atom. The summed E-state index contributed by atoms with van der Waals surface area (Å²) in [4.78, 5) is 2.32. The summed E-state index contributed by atoms with van der Waals surface area (Å²) >= 11 is 0. The first-order chi connectivity index (χ1) is 5.63. The van der Waals surface area contributed by atoms with E-state index < -0.39 is 0 Å². The molecule has 0 radical (unpaired) electrons. The van der Waals surface area contributed by atoms with Gasteiger partial charge in [-0.3, -0.25) is 0 Å². The van der Waals surface area contributed by atoms with Gasteiger partial charge in [0, 0.05) is 25.3 Å². The van der Waals surface area contributed by atoms with Crippen LogP contribution in [0.15, 0.2) is 12.3 Å². The molecule has 0 aliphatic heterocycles. The van der Waals surface area contributed by atoms with Gasteiger partial charge in [-0.15, -0.1) is 0 Å². The molecule has 0 aliphatic carbocycles. The summed E-state index contributed by atoms with van der Waals surface area (Å²) < 4.78 is 0. The zero-order chi connectivity index (χ0) is 9.56. The summed E-state index contributed by atoms with van der Waals surface area (Å²) in [6.07, 6.45) is 0. The molecule has 0 fully saturated rings. The molecular formula is C10H22N2. The standard InChI is InChI=1S/C10H22N2/c1-6-12(8-7-11-5)10(4)9(2)3/h9,11H,4,6-8H2,1-3,5H3. The zero-order valence-corrected chi connectivity index (χ0v) is 8.85. The normalized spacial score (nSPS) is 10.4.